The summed E-state index contributed by atoms with van der Waals surface area (Å²) in [5, 5.41) is 8.95. The molecule has 0 amide bonds. The lowest BCUT2D eigenvalue weighted by molar-refractivity contribution is 1.09. The van der Waals surface area contributed by atoms with Gasteiger partial charge in [-0.05, 0) is 30.3 Å². The van der Waals surface area contributed by atoms with E-state index in [0.29, 0.717) is 11.3 Å². The predicted molar refractivity (Wildman–Crippen MR) is 70.2 cm³/mol. The predicted octanol–water partition coefficient (Wildman–Crippen LogP) is 2.48. The number of nitrogen functional groups attached to an aromatic ring is 1. The molecule has 0 saturated carbocycles. The SMILES string of the molecule is N#Cc1ccc(N)c(-n2cnc3ccccc32)c1. The van der Waals surface area contributed by atoms with E-state index >= 15 is 0 Å². The van der Waals surface area contributed by atoms with E-state index < -0.39 is 0 Å². The van der Waals surface area contributed by atoms with Gasteiger partial charge in [0.15, 0.2) is 0 Å². The molecule has 0 unspecified atom stereocenters. The second-order valence-corrected chi connectivity index (χ2v) is 3.99. The Morgan fingerprint density at radius 1 is 1.17 bits per heavy atom. The van der Waals surface area contributed by atoms with Gasteiger partial charge in [0.25, 0.3) is 0 Å². The summed E-state index contributed by atoms with van der Waals surface area (Å²) in [5.74, 6) is 0. The van der Waals surface area contributed by atoms with E-state index in [1.54, 1.807) is 24.5 Å². The molecule has 1 heterocycles. The number of imidazole rings is 1. The summed E-state index contributed by atoms with van der Waals surface area (Å²) in [6, 6.07) is 15.1. The first-order chi connectivity index (χ1) is 8.79. The van der Waals surface area contributed by atoms with Crippen molar-refractivity contribution in [2.45, 2.75) is 0 Å². The van der Waals surface area contributed by atoms with Crippen LogP contribution < -0.4 is 5.73 Å². The smallest absolute Gasteiger partial charge is 0.100 e. The van der Waals surface area contributed by atoms with Crippen molar-refractivity contribution in [3.05, 3.63) is 54.4 Å². The molecular weight excluding hydrogens is 224 g/mol. The third kappa shape index (κ3) is 1.50. The molecule has 4 nitrogen and oxygen atoms in total. The van der Waals surface area contributed by atoms with Gasteiger partial charge in [0.05, 0.1) is 34.0 Å². The number of hydrogen-bond acceptors (Lipinski definition) is 3. The molecule has 2 N–H and O–H groups in total. The molecule has 0 aliphatic carbocycles. The zero-order valence-electron chi connectivity index (χ0n) is 9.54. The average molecular weight is 234 g/mol. The van der Waals surface area contributed by atoms with Gasteiger partial charge in [0, 0.05) is 0 Å². The number of nitrogens with zero attached hydrogens (tertiary/aromatic N) is 3. The summed E-state index contributed by atoms with van der Waals surface area (Å²) < 4.78 is 1.89. The Morgan fingerprint density at radius 2 is 2.00 bits per heavy atom. The van der Waals surface area contributed by atoms with E-state index in [4.69, 9.17) is 11.0 Å². The topological polar surface area (TPSA) is 67.6 Å². The van der Waals surface area contributed by atoms with Gasteiger partial charge in [-0.15, -0.1) is 0 Å². The zero-order valence-corrected chi connectivity index (χ0v) is 9.54. The summed E-state index contributed by atoms with van der Waals surface area (Å²) in [6.07, 6.45) is 1.72. The standard InChI is InChI=1S/C14H10N4/c15-8-10-5-6-11(16)14(7-10)18-9-17-12-3-1-2-4-13(12)18/h1-7,9H,16H2. The van der Waals surface area contributed by atoms with Gasteiger partial charge < -0.3 is 5.73 Å². The van der Waals surface area contributed by atoms with Crippen molar-refractivity contribution < 1.29 is 0 Å². The number of aromatic nitrogens is 2. The van der Waals surface area contributed by atoms with Gasteiger partial charge >= 0.3 is 0 Å². The van der Waals surface area contributed by atoms with Crippen molar-refractivity contribution in [2.75, 3.05) is 5.73 Å². The molecule has 0 spiro atoms. The molecule has 3 rings (SSSR count). The van der Waals surface area contributed by atoms with Crippen LogP contribution in [0.25, 0.3) is 16.7 Å². The number of anilines is 1. The van der Waals surface area contributed by atoms with Crippen molar-refractivity contribution in [3.63, 3.8) is 0 Å². The van der Waals surface area contributed by atoms with E-state index in [2.05, 4.69) is 11.1 Å². The molecule has 1 aromatic heterocycles. The van der Waals surface area contributed by atoms with Crippen LogP contribution in [-0.2, 0) is 0 Å². The van der Waals surface area contributed by atoms with Gasteiger partial charge in [-0.25, -0.2) is 4.98 Å². The lowest BCUT2D eigenvalue weighted by Crippen LogP contribution is -1.99. The maximum Gasteiger partial charge on any atom is 0.100 e. The van der Waals surface area contributed by atoms with Crippen LogP contribution in [0.3, 0.4) is 0 Å². The lowest BCUT2D eigenvalue weighted by atomic mass is 10.2. The molecule has 0 fully saturated rings. The molecular formula is C14H10N4. The Bertz CT molecular complexity index is 765. The first-order valence-electron chi connectivity index (χ1n) is 5.51. The summed E-state index contributed by atoms with van der Waals surface area (Å²) in [7, 11) is 0. The monoisotopic (exact) mass is 234 g/mol. The van der Waals surface area contributed by atoms with Crippen molar-refractivity contribution in [2.24, 2.45) is 0 Å². The normalized spacial score (nSPS) is 10.4. The highest BCUT2D eigenvalue weighted by Crippen LogP contribution is 2.23. The molecule has 0 bridgehead atoms. The summed E-state index contributed by atoms with van der Waals surface area (Å²) >= 11 is 0. The largest absolute Gasteiger partial charge is 0.397 e. The molecule has 2 aromatic carbocycles. The minimum Gasteiger partial charge on any atom is -0.397 e. The molecule has 18 heavy (non-hydrogen) atoms. The third-order valence-corrected chi connectivity index (χ3v) is 2.87. The molecule has 0 radical (unpaired) electrons. The van der Waals surface area contributed by atoms with Gasteiger partial charge in [-0.2, -0.15) is 5.26 Å². The summed E-state index contributed by atoms with van der Waals surface area (Å²) in [4.78, 5) is 4.32. The number of fused-ring (bicyclic) bond motifs is 1. The van der Waals surface area contributed by atoms with Gasteiger partial charge in [-0.3, -0.25) is 4.57 Å². The number of hydrogen-bond donors (Lipinski definition) is 1. The van der Waals surface area contributed by atoms with Crippen LogP contribution in [-0.4, -0.2) is 9.55 Å². The molecule has 0 aliphatic heterocycles. The number of para-hydroxylation sites is 2. The van der Waals surface area contributed by atoms with Crippen LogP contribution in [0.15, 0.2) is 48.8 Å². The van der Waals surface area contributed by atoms with Crippen molar-refractivity contribution in [1.29, 1.82) is 5.26 Å². The highest BCUT2D eigenvalue weighted by atomic mass is 15.1. The fourth-order valence-electron chi connectivity index (χ4n) is 1.97. The fraction of sp³-hybridized carbons (Fsp3) is 0. The first-order valence-corrected chi connectivity index (χ1v) is 5.51. The maximum atomic E-state index is 8.95. The van der Waals surface area contributed by atoms with Crippen LogP contribution in [0.1, 0.15) is 5.56 Å². The zero-order chi connectivity index (χ0) is 12.5. The summed E-state index contributed by atoms with van der Waals surface area (Å²) in [6.45, 7) is 0. The van der Waals surface area contributed by atoms with Crippen molar-refractivity contribution in [1.82, 2.24) is 9.55 Å². The molecule has 3 aromatic rings. The second kappa shape index (κ2) is 3.90. The maximum absolute atomic E-state index is 8.95. The molecule has 4 heteroatoms. The van der Waals surface area contributed by atoms with Gasteiger partial charge in [-0.1, -0.05) is 12.1 Å². The lowest BCUT2D eigenvalue weighted by Gasteiger charge is -2.08. The molecule has 0 saturated heterocycles. The Labute approximate surface area is 104 Å². The van der Waals surface area contributed by atoms with Crippen LogP contribution in [0.4, 0.5) is 5.69 Å². The van der Waals surface area contributed by atoms with Gasteiger partial charge in [0.2, 0.25) is 0 Å². The highest BCUT2D eigenvalue weighted by molar-refractivity contribution is 5.79. The van der Waals surface area contributed by atoms with Gasteiger partial charge in [0.1, 0.15) is 6.33 Å². The number of nitrogens with two attached hydrogens (primary N) is 1. The van der Waals surface area contributed by atoms with Crippen LogP contribution in [0, 0.1) is 11.3 Å². The van der Waals surface area contributed by atoms with E-state index in [-0.39, 0.29) is 0 Å². The Balaban J connectivity index is 2.30. The quantitative estimate of drug-likeness (QED) is 0.658. The van der Waals surface area contributed by atoms with Crippen molar-refractivity contribution in [3.8, 4) is 11.8 Å². The Kier molecular flexibility index (Phi) is 2.24. The Hall–Kier alpha value is -2.80. The third-order valence-electron chi connectivity index (χ3n) is 2.87. The average Bonchev–Trinajstić information content (AvgIpc) is 2.83. The minimum absolute atomic E-state index is 0.581. The molecule has 0 atom stereocenters. The number of rotatable bonds is 1. The van der Waals surface area contributed by atoms with Crippen LogP contribution >= 0.6 is 0 Å². The van der Waals surface area contributed by atoms with E-state index in [1.165, 1.54) is 0 Å². The fourth-order valence-corrected chi connectivity index (χ4v) is 1.97. The summed E-state index contributed by atoms with van der Waals surface area (Å²) in [5.41, 5.74) is 9.83. The van der Waals surface area contributed by atoms with E-state index in [1.807, 2.05) is 28.8 Å². The Morgan fingerprint density at radius 3 is 2.83 bits per heavy atom. The number of nitriles is 1. The van der Waals surface area contributed by atoms with E-state index in [9.17, 15) is 0 Å². The number of benzene rings is 2. The highest BCUT2D eigenvalue weighted by Gasteiger charge is 2.07. The van der Waals surface area contributed by atoms with E-state index in [0.717, 1.165) is 16.7 Å². The first kappa shape index (κ1) is 10.4. The minimum atomic E-state index is 0.581. The second-order valence-electron chi connectivity index (χ2n) is 3.99. The molecule has 86 valence electrons. The van der Waals surface area contributed by atoms with Crippen LogP contribution in [0.2, 0.25) is 0 Å². The van der Waals surface area contributed by atoms with Crippen LogP contribution in [0.5, 0.6) is 0 Å². The molecule has 0 aliphatic rings. The van der Waals surface area contributed by atoms with Crippen molar-refractivity contribution >= 4 is 16.7 Å².